The van der Waals surface area contributed by atoms with Crippen LogP contribution >= 0.6 is 0 Å². The summed E-state index contributed by atoms with van der Waals surface area (Å²) in [5.74, 6) is 0.130. The van der Waals surface area contributed by atoms with E-state index in [0.717, 1.165) is 12.8 Å². The number of hydrogen-bond donors (Lipinski definition) is 2. The average Bonchev–Trinajstić information content (AvgIpc) is 2.00. The van der Waals surface area contributed by atoms with Crippen LogP contribution < -0.4 is 11.1 Å². The summed E-state index contributed by atoms with van der Waals surface area (Å²) in [6.07, 6.45) is 1.73. The molecule has 0 aliphatic carbocycles. The maximum Gasteiger partial charge on any atom is 0.225 e. The van der Waals surface area contributed by atoms with Gasteiger partial charge in [0.1, 0.15) is 0 Å². The molecule has 0 saturated heterocycles. The van der Waals surface area contributed by atoms with Gasteiger partial charge in [-0.2, -0.15) is 0 Å². The largest absolute Gasteiger partial charge is 0.356 e. The van der Waals surface area contributed by atoms with E-state index >= 15 is 0 Å². The first-order chi connectivity index (χ1) is 6.69. The Morgan fingerprint density at radius 1 is 1.20 bits per heavy atom. The Morgan fingerprint density at radius 2 is 1.73 bits per heavy atom. The van der Waals surface area contributed by atoms with E-state index in [4.69, 9.17) is 5.73 Å². The summed E-state index contributed by atoms with van der Waals surface area (Å²) in [6.45, 7) is 11.8. The third kappa shape index (κ3) is 6.50. The SMILES string of the molecule is CC(C)(C)CC(C)(C)C(=O)NCCCN. The van der Waals surface area contributed by atoms with Gasteiger partial charge in [0.2, 0.25) is 5.91 Å². The Morgan fingerprint density at radius 3 is 2.13 bits per heavy atom. The van der Waals surface area contributed by atoms with Gasteiger partial charge in [-0.3, -0.25) is 4.79 Å². The summed E-state index contributed by atoms with van der Waals surface area (Å²) in [6, 6.07) is 0. The van der Waals surface area contributed by atoms with Crippen LogP contribution in [-0.2, 0) is 4.79 Å². The predicted molar refractivity (Wildman–Crippen MR) is 64.5 cm³/mol. The zero-order valence-electron chi connectivity index (χ0n) is 10.8. The fourth-order valence-corrected chi connectivity index (χ4v) is 1.95. The highest BCUT2D eigenvalue weighted by Crippen LogP contribution is 2.33. The maximum absolute atomic E-state index is 11.9. The normalized spacial score (nSPS) is 12.7. The topological polar surface area (TPSA) is 55.1 Å². The maximum atomic E-state index is 11.9. The molecule has 3 nitrogen and oxygen atoms in total. The van der Waals surface area contributed by atoms with Gasteiger partial charge in [0, 0.05) is 12.0 Å². The van der Waals surface area contributed by atoms with Crippen molar-refractivity contribution < 1.29 is 4.79 Å². The molecular formula is C12H26N2O. The molecule has 0 heterocycles. The van der Waals surface area contributed by atoms with E-state index in [-0.39, 0.29) is 16.7 Å². The molecule has 0 aliphatic heterocycles. The van der Waals surface area contributed by atoms with Gasteiger partial charge in [0.05, 0.1) is 0 Å². The Kier molecular flexibility index (Phi) is 5.29. The van der Waals surface area contributed by atoms with Crippen molar-refractivity contribution in [3.63, 3.8) is 0 Å². The van der Waals surface area contributed by atoms with Crippen molar-refractivity contribution in [2.75, 3.05) is 13.1 Å². The van der Waals surface area contributed by atoms with Crippen LogP contribution in [0.5, 0.6) is 0 Å². The van der Waals surface area contributed by atoms with Gasteiger partial charge in [-0.15, -0.1) is 0 Å². The predicted octanol–water partition coefficient (Wildman–Crippen LogP) is 1.91. The first-order valence-corrected chi connectivity index (χ1v) is 5.67. The van der Waals surface area contributed by atoms with Crippen molar-refractivity contribution in [1.82, 2.24) is 5.32 Å². The third-order valence-corrected chi connectivity index (χ3v) is 2.25. The van der Waals surface area contributed by atoms with Crippen LogP contribution in [0.3, 0.4) is 0 Å². The molecule has 3 heteroatoms. The molecule has 0 fully saturated rings. The van der Waals surface area contributed by atoms with E-state index in [9.17, 15) is 4.79 Å². The average molecular weight is 214 g/mol. The van der Waals surface area contributed by atoms with Gasteiger partial charge < -0.3 is 11.1 Å². The van der Waals surface area contributed by atoms with E-state index in [0.29, 0.717) is 13.1 Å². The zero-order chi connectivity index (χ0) is 12.1. The summed E-state index contributed by atoms with van der Waals surface area (Å²) < 4.78 is 0. The first kappa shape index (κ1) is 14.4. The number of carbonyl (C=O) groups excluding carboxylic acids is 1. The van der Waals surface area contributed by atoms with Crippen LogP contribution in [0.4, 0.5) is 0 Å². The fourth-order valence-electron chi connectivity index (χ4n) is 1.95. The van der Waals surface area contributed by atoms with Gasteiger partial charge in [0.15, 0.2) is 0 Å². The van der Waals surface area contributed by atoms with Crippen LogP contribution in [0.15, 0.2) is 0 Å². The highest BCUT2D eigenvalue weighted by atomic mass is 16.2. The fraction of sp³-hybridized carbons (Fsp3) is 0.917. The highest BCUT2D eigenvalue weighted by Gasteiger charge is 2.31. The van der Waals surface area contributed by atoms with Crippen LogP contribution in [0.1, 0.15) is 47.5 Å². The molecule has 0 aliphatic rings. The number of carbonyl (C=O) groups is 1. The second-order valence-corrected chi connectivity index (χ2v) is 6.02. The number of amides is 1. The first-order valence-electron chi connectivity index (χ1n) is 5.67. The van der Waals surface area contributed by atoms with Crippen molar-refractivity contribution in [1.29, 1.82) is 0 Å². The molecule has 0 atom stereocenters. The summed E-state index contributed by atoms with van der Waals surface area (Å²) >= 11 is 0. The van der Waals surface area contributed by atoms with E-state index in [1.807, 2.05) is 13.8 Å². The van der Waals surface area contributed by atoms with Crippen molar-refractivity contribution in [2.45, 2.75) is 47.5 Å². The molecule has 0 radical (unpaired) electrons. The standard InChI is InChI=1S/C12H26N2O/c1-11(2,3)9-12(4,5)10(15)14-8-6-7-13/h6-9,13H2,1-5H3,(H,14,15). The highest BCUT2D eigenvalue weighted by molar-refractivity contribution is 5.81. The molecule has 0 bridgehead atoms. The molecular weight excluding hydrogens is 188 g/mol. The number of hydrogen-bond acceptors (Lipinski definition) is 2. The molecule has 0 rings (SSSR count). The van der Waals surface area contributed by atoms with Crippen LogP contribution in [0, 0.1) is 10.8 Å². The van der Waals surface area contributed by atoms with Crippen molar-refractivity contribution in [3.05, 3.63) is 0 Å². The molecule has 1 amide bonds. The monoisotopic (exact) mass is 214 g/mol. The van der Waals surface area contributed by atoms with Crippen LogP contribution in [0.2, 0.25) is 0 Å². The lowest BCUT2D eigenvalue weighted by Crippen LogP contribution is -2.40. The van der Waals surface area contributed by atoms with Gasteiger partial charge in [-0.1, -0.05) is 34.6 Å². The quantitative estimate of drug-likeness (QED) is 0.687. The molecule has 0 aromatic rings. The summed E-state index contributed by atoms with van der Waals surface area (Å²) in [7, 11) is 0. The minimum absolute atomic E-state index is 0.130. The summed E-state index contributed by atoms with van der Waals surface area (Å²) in [4.78, 5) is 11.9. The van der Waals surface area contributed by atoms with E-state index < -0.39 is 0 Å². The zero-order valence-corrected chi connectivity index (χ0v) is 10.8. The van der Waals surface area contributed by atoms with E-state index in [1.54, 1.807) is 0 Å². The second kappa shape index (κ2) is 5.50. The Bertz CT molecular complexity index is 204. The van der Waals surface area contributed by atoms with E-state index in [1.165, 1.54) is 0 Å². The summed E-state index contributed by atoms with van der Waals surface area (Å²) in [5, 5.41) is 2.93. The molecule has 0 aromatic carbocycles. The van der Waals surface area contributed by atoms with Gasteiger partial charge in [-0.25, -0.2) is 0 Å². The van der Waals surface area contributed by atoms with Crippen LogP contribution in [-0.4, -0.2) is 19.0 Å². The van der Waals surface area contributed by atoms with Crippen molar-refractivity contribution in [3.8, 4) is 0 Å². The molecule has 0 unspecified atom stereocenters. The van der Waals surface area contributed by atoms with E-state index in [2.05, 4.69) is 26.1 Å². The number of rotatable bonds is 5. The second-order valence-electron chi connectivity index (χ2n) is 6.02. The number of nitrogens with one attached hydrogen (secondary N) is 1. The Hall–Kier alpha value is -0.570. The van der Waals surface area contributed by atoms with Gasteiger partial charge in [-0.05, 0) is 24.8 Å². The minimum atomic E-state index is -0.299. The smallest absolute Gasteiger partial charge is 0.225 e. The molecule has 0 spiro atoms. The molecule has 90 valence electrons. The van der Waals surface area contributed by atoms with Crippen LogP contribution in [0.25, 0.3) is 0 Å². The lowest BCUT2D eigenvalue weighted by molar-refractivity contribution is -0.130. The minimum Gasteiger partial charge on any atom is -0.356 e. The Labute approximate surface area is 93.8 Å². The molecule has 0 saturated carbocycles. The molecule has 3 N–H and O–H groups in total. The van der Waals surface area contributed by atoms with Gasteiger partial charge >= 0.3 is 0 Å². The van der Waals surface area contributed by atoms with Crippen molar-refractivity contribution in [2.24, 2.45) is 16.6 Å². The lowest BCUT2D eigenvalue weighted by atomic mass is 9.76. The van der Waals surface area contributed by atoms with Gasteiger partial charge in [0.25, 0.3) is 0 Å². The molecule has 15 heavy (non-hydrogen) atoms. The number of nitrogens with two attached hydrogens (primary N) is 1. The van der Waals surface area contributed by atoms with Crippen molar-refractivity contribution >= 4 is 5.91 Å². The third-order valence-electron chi connectivity index (χ3n) is 2.25. The molecule has 0 aromatic heterocycles. The lowest BCUT2D eigenvalue weighted by Gasteiger charge is -2.31. The Balaban J connectivity index is 4.14. The summed E-state index contributed by atoms with van der Waals surface area (Å²) in [5.41, 5.74) is 5.25.